The van der Waals surface area contributed by atoms with Gasteiger partial charge in [0.1, 0.15) is 5.75 Å². The summed E-state index contributed by atoms with van der Waals surface area (Å²) in [7, 11) is 1.45. The van der Waals surface area contributed by atoms with Crippen molar-refractivity contribution in [3.63, 3.8) is 0 Å². The smallest absolute Gasteiger partial charge is 0.450 e. The van der Waals surface area contributed by atoms with Gasteiger partial charge >= 0.3 is 6.18 Å². The maximum absolute atomic E-state index is 13.5. The number of halogens is 3. The molecule has 2 N–H and O–H groups in total. The van der Waals surface area contributed by atoms with Gasteiger partial charge in [-0.2, -0.15) is 13.2 Å². The zero-order chi connectivity index (χ0) is 19.4. The lowest BCUT2D eigenvalue weighted by atomic mass is 10.1. The predicted molar refractivity (Wildman–Crippen MR) is 94.8 cm³/mol. The Labute approximate surface area is 154 Å². The quantitative estimate of drug-likeness (QED) is 0.636. The van der Waals surface area contributed by atoms with E-state index in [2.05, 4.69) is 15.0 Å². The first-order chi connectivity index (χ1) is 12.9. The molecule has 2 heterocycles. The molecule has 0 atom stereocenters. The molecule has 0 aliphatic rings. The second-order valence-corrected chi connectivity index (χ2v) is 6.09. The van der Waals surface area contributed by atoms with Gasteiger partial charge in [0.05, 0.1) is 36.2 Å². The van der Waals surface area contributed by atoms with Gasteiger partial charge in [0.25, 0.3) is 0 Å². The van der Waals surface area contributed by atoms with Crippen molar-refractivity contribution < 1.29 is 17.9 Å². The Hall–Kier alpha value is -2.68. The van der Waals surface area contributed by atoms with Crippen molar-refractivity contribution >= 4 is 11.0 Å². The fraction of sp³-hybridized carbons (Fsp3) is 0.389. The summed E-state index contributed by atoms with van der Waals surface area (Å²) < 4.78 is 46.5. The first-order valence-electron chi connectivity index (χ1n) is 8.59. The minimum atomic E-state index is -4.63. The number of fused-ring (bicyclic) bond motifs is 1. The fourth-order valence-electron chi connectivity index (χ4n) is 2.83. The number of nitrogens with zero attached hydrogens (tertiary/aromatic N) is 4. The molecule has 0 radical (unpaired) electrons. The molecule has 0 saturated carbocycles. The van der Waals surface area contributed by atoms with Crippen LogP contribution in [0.5, 0.6) is 5.75 Å². The lowest BCUT2D eigenvalue weighted by Gasteiger charge is -2.11. The van der Waals surface area contributed by atoms with E-state index >= 15 is 0 Å². The normalized spacial score (nSPS) is 11.9. The summed E-state index contributed by atoms with van der Waals surface area (Å²) in [5.74, 6) is -0.545. The summed E-state index contributed by atoms with van der Waals surface area (Å²) in [6, 6.07) is 4.57. The topological polar surface area (TPSA) is 78.8 Å². The van der Waals surface area contributed by atoms with Gasteiger partial charge in [-0.1, -0.05) is 6.42 Å². The lowest BCUT2D eigenvalue weighted by Crippen LogP contribution is -2.15. The predicted octanol–water partition coefficient (Wildman–Crippen LogP) is 3.51. The second-order valence-electron chi connectivity index (χ2n) is 6.09. The molecule has 0 bridgehead atoms. The van der Waals surface area contributed by atoms with Crippen LogP contribution in [0.4, 0.5) is 13.2 Å². The molecule has 0 saturated heterocycles. The molecule has 9 heteroatoms. The van der Waals surface area contributed by atoms with Crippen molar-refractivity contribution in [1.29, 1.82) is 0 Å². The van der Waals surface area contributed by atoms with Gasteiger partial charge in [0.15, 0.2) is 5.82 Å². The Balaban J connectivity index is 1.97. The van der Waals surface area contributed by atoms with E-state index in [1.165, 1.54) is 31.6 Å². The Morgan fingerprint density at radius 2 is 1.93 bits per heavy atom. The van der Waals surface area contributed by atoms with Crippen LogP contribution in [0.2, 0.25) is 0 Å². The SMILES string of the molecule is COc1ccc2c(c1)nc(C(F)(F)F)n2-c1cnc(CCCCCN)cn1. The number of ether oxygens (including phenoxy) is 1. The number of nitrogens with two attached hydrogens (primary N) is 1. The molecule has 3 aromatic rings. The van der Waals surface area contributed by atoms with Crippen molar-refractivity contribution in [1.82, 2.24) is 19.5 Å². The van der Waals surface area contributed by atoms with Crippen LogP contribution in [0.1, 0.15) is 30.8 Å². The highest BCUT2D eigenvalue weighted by molar-refractivity contribution is 5.79. The molecule has 0 aliphatic heterocycles. The van der Waals surface area contributed by atoms with Crippen LogP contribution in [0.3, 0.4) is 0 Å². The fourth-order valence-corrected chi connectivity index (χ4v) is 2.83. The Morgan fingerprint density at radius 3 is 2.56 bits per heavy atom. The van der Waals surface area contributed by atoms with Gasteiger partial charge in [-0.05, 0) is 37.9 Å². The van der Waals surface area contributed by atoms with E-state index in [0.29, 0.717) is 18.7 Å². The summed E-state index contributed by atoms with van der Waals surface area (Å²) in [5.41, 5.74) is 6.65. The Kier molecular flexibility index (Phi) is 5.59. The van der Waals surface area contributed by atoms with Gasteiger partial charge in [-0.3, -0.25) is 9.55 Å². The number of alkyl halides is 3. The molecule has 6 nitrogen and oxygen atoms in total. The van der Waals surface area contributed by atoms with E-state index in [-0.39, 0.29) is 16.9 Å². The number of hydrogen-bond donors (Lipinski definition) is 1. The van der Waals surface area contributed by atoms with Crippen LogP contribution in [0.25, 0.3) is 16.9 Å². The van der Waals surface area contributed by atoms with E-state index in [1.807, 2.05) is 0 Å². The van der Waals surface area contributed by atoms with Gasteiger partial charge in [-0.25, -0.2) is 9.97 Å². The molecule has 0 amide bonds. The van der Waals surface area contributed by atoms with E-state index < -0.39 is 12.0 Å². The van der Waals surface area contributed by atoms with Crippen molar-refractivity contribution in [2.24, 2.45) is 5.73 Å². The molecule has 3 rings (SSSR count). The van der Waals surface area contributed by atoms with Gasteiger partial charge in [0.2, 0.25) is 5.82 Å². The number of benzene rings is 1. The number of imidazole rings is 1. The molecule has 0 spiro atoms. The highest BCUT2D eigenvalue weighted by Crippen LogP contribution is 2.34. The second kappa shape index (κ2) is 7.91. The number of aryl methyl sites for hydroxylation is 1. The van der Waals surface area contributed by atoms with Crippen LogP contribution >= 0.6 is 0 Å². The third-order valence-electron chi connectivity index (χ3n) is 4.17. The highest BCUT2D eigenvalue weighted by atomic mass is 19.4. The summed E-state index contributed by atoms with van der Waals surface area (Å²) in [6.45, 7) is 0.642. The molecule has 2 aromatic heterocycles. The van der Waals surface area contributed by atoms with E-state index in [4.69, 9.17) is 10.5 Å². The Bertz CT molecular complexity index is 906. The number of unbranched alkanes of at least 4 members (excludes halogenated alkanes) is 2. The zero-order valence-electron chi connectivity index (χ0n) is 14.8. The van der Waals surface area contributed by atoms with Crippen LogP contribution in [0.15, 0.2) is 30.6 Å². The standard InChI is InChI=1S/C18H20F3N5O/c1-27-13-6-7-15-14(9-13)25-17(18(19,20)21)26(15)16-11-23-12(10-24-16)5-3-2-4-8-22/h6-7,9-11H,2-5,8,22H2,1H3. The zero-order valence-corrected chi connectivity index (χ0v) is 14.8. The summed E-state index contributed by atoms with van der Waals surface area (Å²) in [5, 5.41) is 0. The molecule has 0 fully saturated rings. The average Bonchev–Trinajstić information content (AvgIpc) is 3.05. The van der Waals surface area contributed by atoms with E-state index in [9.17, 15) is 13.2 Å². The summed E-state index contributed by atoms with van der Waals surface area (Å²) in [4.78, 5) is 12.2. The number of rotatable bonds is 7. The maximum atomic E-state index is 13.5. The van der Waals surface area contributed by atoms with Gasteiger partial charge in [0, 0.05) is 6.07 Å². The molecule has 0 aliphatic carbocycles. The van der Waals surface area contributed by atoms with E-state index in [0.717, 1.165) is 29.5 Å². The Morgan fingerprint density at radius 1 is 1.11 bits per heavy atom. The monoisotopic (exact) mass is 379 g/mol. The average molecular weight is 379 g/mol. The van der Waals surface area contributed by atoms with Crippen LogP contribution in [-0.2, 0) is 12.6 Å². The lowest BCUT2D eigenvalue weighted by molar-refractivity contribution is -0.145. The molecular weight excluding hydrogens is 359 g/mol. The molecule has 1 aromatic carbocycles. The molecule has 27 heavy (non-hydrogen) atoms. The minimum absolute atomic E-state index is 0.0701. The van der Waals surface area contributed by atoms with E-state index in [1.54, 1.807) is 6.07 Å². The third-order valence-corrected chi connectivity index (χ3v) is 4.17. The van der Waals surface area contributed by atoms with Gasteiger partial charge in [-0.15, -0.1) is 0 Å². The summed E-state index contributed by atoms with van der Waals surface area (Å²) in [6.07, 6.45) is 1.76. The highest BCUT2D eigenvalue weighted by Gasteiger charge is 2.38. The molecular formula is C18H20F3N5O. The van der Waals surface area contributed by atoms with Crippen molar-refractivity contribution in [2.75, 3.05) is 13.7 Å². The summed E-state index contributed by atoms with van der Waals surface area (Å²) >= 11 is 0. The molecule has 0 unspecified atom stereocenters. The molecule has 144 valence electrons. The maximum Gasteiger partial charge on any atom is 0.450 e. The van der Waals surface area contributed by atoms with Crippen LogP contribution < -0.4 is 10.5 Å². The van der Waals surface area contributed by atoms with Crippen molar-refractivity contribution in [3.8, 4) is 11.6 Å². The first-order valence-corrected chi connectivity index (χ1v) is 8.59. The van der Waals surface area contributed by atoms with Gasteiger partial charge < -0.3 is 10.5 Å². The van der Waals surface area contributed by atoms with Crippen molar-refractivity contribution in [3.05, 3.63) is 42.1 Å². The number of aromatic nitrogens is 4. The first kappa shape index (κ1) is 19.1. The minimum Gasteiger partial charge on any atom is -0.497 e. The van der Waals surface area contributed by atoms with Crippen LogP contribution in [-0.4, -0.2) is 33.2 Å². The van der Waals surface area contributed by atoms with Crippen molar-refractivity contribution in [2.45, 2.75) is 31.9 Å². The third kappa shape index (κ3) is 4.19. The number of methoxy groups -OCH3 is 1. The number of hydrogen-bond acceptors (Lipinski definition) is 5. The van der Waals surface area contributed by atoms with Crippen LogP contribution in [0, 0.1) is 0 Å². The largest absolute Gasteiger partial charge is 0.497 e.